The van der Waals surface area contributed by atoms with Crippen molar-refractivity contribution in [3.63, 3.8) is 0 Å². The second kappa shape index (κ2) is 8.73. The van der Waals surface area contributed by atoms with E-state index in [1.165, 1.54) is 0 Å². The number of hydrogen-bond acceptors (Lipinski definition) is 3. The molecule has 2 aromatic carbocycles. The smallest absolute Gasteiger partial charge is 0.326 e. The molecular formula is C19H22N2O4. The summed E-state index contributed by atoms with van der Waals surface area (Å²) in [5.74, 6) is 0.153. The zero-order valence-corrected chi connectivity index (χ0v) is 14.2. The molecule has 2 amide bonds. The summed E-state index contributed by atoms with van der Waals surface area (Å²) in [7, 11) is 0. The normalized spacial score (nSPS) is 12.7. The molecule has 0 aliphatic heterocycles. The minimum Gasteiger partial charge on any atom is -0.480 e. The summed E-state index contributed by atoms with van der Waals surface area (Å²) in [5, 5.41) is 14.3. The molecule has 0 heterocycles. The fraction of sp³-hybridized carbons (Fsp3) is 0.263. The number of amides is 2. The van der Waals surface area contributed by atoms with Gasteiger partial charge in [0.15, 0.2) is 0 Å². The highest BCUT2D eigenvalue weighted by Crippen LogP contribution is 2.22. The van der Waals surface area contributed by atoms with E-state index in [9.17, 15) is 14.7 Å². The van der Waals surface area contributed by atoms with E-state index in [0.717, 1.165) is 5.75 Å². The van der Waals surface area contributed by atoms with Crippen molar-refractivity contribution in [3.8, 4) is 11.5 Å². The van der Waals surface area contributed by atoms with E-state index in [2.05, 4.69) is 10.6 Å². The Morgan fingerprint density at radius 3 is 2.20 bits per heavy atom. The molecule has 0 unspecified atom stereocenters. The van der Waals surface area contributed by atoms with Crippen molar-refractivity contribution >= 4 is 17.7 Å². The monoisotopic (exact) mass is 342 g/mol. The van der Waals surface area contributed by atoms with E-state index in [4.69, 9.17) is 4.74 Å². The number of aliphatic carboxylic acids is 1. The molecule has 0 bridgehead atoms. The van der Waals surface area contributed by atoms with Gasteiger partial charge >= 0.3 is 12.0 Å². The molecule has 2 rings (SSSR count). The Morgan fingerprint density at radius 1 is 1.04 bits per heavy atom. The fourth-order valence-corrected chi connectivity index (χ4v) is 2.22. The largest absolute Gasteiger partial charge is 0.480 e. The molecule has 25 heavy (non-hydrogen) atoms. The lowest BCUT2D eigenvalue weighted by Crippen LogP contribution is -2.46. The molecule has 0 aliphatic carbocycles. The summed E-state index contributed by atoms with van der Waals surface area (Å²) in [4.78, 5) is 23.3. The maximum Gasteiger partial charge on any atom is 0.326 e. The van der Waals surface area contributed by atoms with Gasteiger partial charge in [-0.1, -0.05) is 38.5 Å². The van der Waals surface area contributed by atoms with Crippen LogP contribution in [0.3, 0.4) is 0 Å². The number of rotatable bonds is 7. The third-order valence-electron chi connectivity index (χ3n) is 3.86. The standard InChI is InChI=1S/C19H22N2O4/c1-3-13(2)17(18(22)23)21-19(24)20-14-9-11-16(12-10-14)25-15-7-5-4-6-8-15/h4-13,17H,3H2,1-2H3,(H,22,23)(H2,20,21,24)/t13-,17-/m0/s1. The molecule has 0 fully saturated rings. The molecule has 132 valence electrons. The zero-order chi connectivity index (χ0) is 18.2. The number of hydrogen-bond donors (Lipinski definition) is 3. The van der Waals surface area contributed by atoms with Crippen LogP contribution in [0.1, 0.15) is 20.3 Å². The van der Waals surface area contributed by atoms with E-state index in [-0.39, 0.29) is 5.92 Å². The van der Waals surface area contributed by atoms with Gasteiger partial charge in [-0.25, -0.2) is 9.59 Å². The third-order valence-corrected chi connectivity index (χ3v) is 3.86. The molecule has 2 aromatic rings. The summed E-state index contributed by atoms with van der Waals surface area (Å²) in [6.07, 6.45) is 0.656. The van der Waals surface area contributed by atoms with Gasteiger partial charge in [0.2, 0.25) is 0 Å². The maximum absolute atomic E-state index is 12.0. The Bertz CT molecular complexity index is 701. The van der Waals surface area contributed by atoms with Gasteiger partial charge in [0.1, 0.15) is 17.5 Å². The van der Waals surface area contributed by atoms with Crippen LogP contribution in [-0.2, 0) is 4.79 Å². The number of benzene rings is 2. The van der Waals surface area contributed by atoms with Crippen LogP contribution in [0.5, 0.6) is 11.5 Å². The Kier molecular flexibility index (Phi) is 6.39. The Hall–Kier alpha value is -3.02. The van der Waals surface area contributed by atoms with Crippen molar-refractivity contribution in [1.29, 1.82) is 0 Å². The van der Waals surface area contributed by atoms with Crippen LogP contribution in [0.15, 0.2) is 54.6 Å². The van der Waals surface area contributed by atoms with E-state index in [1.807, 2.05) is 37.3 Å². The number of nitrogens with one attached hydrogen (secondary N) is 2. The third kappa shape index (κ3) is 5.53. The first-order chi connectivity index (χ1) is 12.0. The molecule has 0 radical (unpaired) electrons. The van der Waals surface area contributed by atoms with Crippen molar-refractivity contribution in [1.82, 2.24) is 5.32 Å². The van der Waals surface area contributed by atoms with Crippen molar-refractivity contribution < 1.29 is 19.4 Å². The molecule has 0 spiro atoms. The first-order valence-corrected chi connectivity index (χ1v) is 8.13. The predicted octanol–water partition coefficient (Wildman–Crippen LogP) is 4.10. The van der Waals surface area contributed by atoms with Gasteiger partial charge in [-0.3, -0.25) is 0 Å². The first kappa shape index (κ1) is 18.3. The molecule has 0 aromatic heterocycles. The summed E-state index contributed by atoms with van der Waals surface area (Å²) >= 11 is 0. The highest BCUT2D eigenvalue weighted by molar-refractivity contribution is 5.92. The van der Waals surface area contributed by atoms with Crippen molar-refractivity contribution in [2.45, 2.75) is 26.3 Å². The number of para-hydroxylation sites is 1. The number of carboxylic acid groups (broad SMARTS) is 1. The lowest BCUT2D eigenvalue weighted by molar-refractivity contribution is -0.140. The molecule has 0 saturated heterocycles. The van der Waals surface area contributed by atoms with Gasteiger partial charge in [-0.05, 0) is 42.3 Å². The van der Waals surface area contributed by atoms with E-state index < -0.39 is 18.0 Å². The van der Waals surface area contributed by atoms with E-state index >= 15 is 0 Å². The van der Waals surface area contributed by atoms with Crippen molar-refractivity contribution in [2.24, 2.45) is 5.92 Å². The molecule has 3 N–H and O–H groups in total. The van der Waals surface area contributed by atoms with Gasteiger partial charge in [0.25, 0.3) is 0 Å². The lowest BCUT2D eigenvalue weighted by atomic mass is 9.99. The SMILES string of the molecule is CC[C@H](C)[C@H](NC(=O)Nc1ccc(Oc2ccccc2)cc1)C(=O)O. The molecule has 2 atom stereocenters. The number of urea groups is 1. The molecule has 6 nitrogen and oxygen atoms in total. The predicted molar refractivity (Wildman–Crippen MR) is 96.0 cm³/mol. The zero-order valence-electron chi connectivity index (χ0n) is 14.2. The van der Waals surface area contributed by atoms with Gasteiger partial charge in [0.05, 0.1) is 0 Å². The highest BCUT2D eigenvalue weighted by atomic mass is 16.5. The van der Waals surface area contributed by atoms with Gasteiger partial charge < -0.3 is 20.5 Å². The quantitative estimate of drug-likeness (QED) is 0.707. The second-order valence-electron chi connectivity index (χ2n) is 5.74. The van der Waals surface area contributed by atoms with E-state index in [0.29, 0.717) is 17.9 Å². The van der Waals surface area contributed by atoms with Crippen LogP contribution < -0.4 is 15.4 Å². The minimum absolute atomic E-state index is 0.162. The number of carboxylic acids is 1. The summed E-state index contributed by atoms with van der Waals surface area (Å²) in [5.41, 5.74) is 0.547. The van der Waals surface area contributed by atoms with Crippen molar-refractivity contribution in [3.05, 3.63) is 54.6 Å². The van der Waals surface area contributed by atoms with Gasteiger partial charge in [-0.15, -0.1) is 0 Å². The van der Waals surface area contributed by atoms with Crippen LogP contribution in [0, 0.1) is 5.92 Å². The van der Waals surface area contributed by atoms with Crippen LogP contribution in [0.2, 0.25) is 0 Å². The summed E-state index contributed by atoms with van der Waals surface area (Å²) in [6.45, 7) is 3.67. The molecule has 0 aliphatic rings. The number of carbonyl (C=O) groups excluding carboxylic acids is 1. The average molecular weight is 342 g/mol. The summed E-state index contributed by atoms with van der Waals surface area (Å²) in [6, 6.07) is 14.7. The Balaban J connectivity index is 1.94. The van der Waals surface area contributed by atoms with Crippen LogP contribution >= 0.6 is 0 Å². The maximum atomic E-state index is 12.0. The van der Waals surface area contributed by atoms with Crippen molar-refractivity contribution in [2.75, 3.05) is 5.32 Å². The lowest BCUT2D eigenvalue weighted by Gasteiger charge is -2.20. The van der Waals surface area contributed by atoms with E-state index in [1.54, 1.807) is 31.2 Å². The fourth-order valence-electron chi connectivity index (χ4n) is 2.22. The Morgan fingerprint density at radius 2 is 1.64 bits per heavy atom. The molecular weight excluding hydrogens is 320 g/mol. The van der Waals surface area contributed by atoms with Crippen LogP contribution in [0.4, 0.5) is 10.5 Å². The van der Waals surface area contributed by atoms with Crippen LogP contribution in [0.25, 0.3) is 0 Å². The van der Waals surface area contributed by atoms with Gasteiger partial charge in [0, 0.05) is 5.69 Å². The summed E-state index contributed by atoms with van der Waals surface area (Å²) < 4.78 is 5.67. The highest BCUT2D eigenvalue weighted by Gasteiger charge is 2.25. The first-order valence-electron chi connectivity index (χ1n) is 8.13. The average Bonchev–Trinajstić information content (AvgIpc) is 2.61. The topological polar surface area (TPSA) is 87.7 Å². The Labute approximate surface area is 146 Å². The second-order valence-corrected chi connectivity index (χ2v) is 5.74. The number of anilines is 1. The van der Waals surface area contributed by atoms with Crippen LogP contribution in [-0.4, -0.2) is 23.1 Å². The minimum atomic E-state index is -1.05. The number of ether oxygens (including phenoxy) is 1. The molecule has 0 saturated carbocycles. The van der Waals surface area contributed by atoms with Gasteiger partial charge in [-0.2, -0.15) is 0 Å². The molecule has 6 heteroatoms. The number of carbonyl (C=O) groups is 2.